The Morgan fingerprint density at radius 1 is 1.37 bits per heavy atom. The fraction of sp³-hybridized carbons (Fsp3) is 0.667. The van der Waals surface area contributed by atoms with Crippen molar-refractivity contribution in [3.05, 3.63) is 15.9 Å². The number of hydrogen-bond donors (Lipinski definition) is 1. The third-order valence-electron chi connectivity index (χ3n) is 2.24. The van der Waals surface area contributed by atoms with Gasteiger partial charge in [0.25, 0.3) is 5.88 Å². The van der Waals surface area contributed by atoms with Crippen molar-refractivity contribution in [2.45, 2.75) is 46.1 Å². The van der Waals surface area contributed by atoms with Crippen molar-refractivity contribution < 1.29 is 9.66 Å². The molecule has 0 unspecified atom stereocenters. The molecule has 7 nitrogen and oxygen atoms in total. The van der Waals surface area contributed by atoms with Crippen LogP contribution >= 0.6 is 0 Å². The van der Waals surface area contributed by atoms with E-state index in [4.69, 9.17) is 4.74 Å². The summed E-state index contributed by atoms with van der Waals surface area (Å²) in [5.41, 5.74) is -0.564. The van der Waals surface area contributed by atoms with Crippen LogP contribution in [0, 0.1) is 10.1 Å². The Labute approximate surface area is 112 Å². The van der Waals surface area contributed by atoms with Crippen molar-refractivity contribution in [1.29, 1.82) is 0 Å². The number of aromatic nitrogens is 2. The van der Waals surface area contributed by atoms with E-state index >= 15 is 0 Å². The summed E-state index contributed by atoms with van der Waals surface area (Å²) in [6.07, 6.45) is 1.50. The lowest BCUT2D eigenvalue weighted by Gasteiger charge is -2.21. The predicted octanol–water partition coefficient (Wildman–Crippen LogP) is 2.56. The Morgan fingerprint density at radius 3 is 2.42 bits per heavy atom. The van der Waals surface area contributed by atoms with Gasteiger partial charge in [0, 0.05) is 12.0 Å². The molecule has 7 heteroatoms. The van der Waals surface area contributed by atoms with E-state index in [2.05, 4.69) is 15.3 Å². The Kier molecular flexibility index (Phi) is 4.63. The number of hydrogen-bond acceptors (Lipinski definition) is 6. The summed E-state index contributed by atoms with van der Waals surface area (Å²) in [6.45, 7) is 7.72. The minimum Gasteiger partial charge on any atom is -0.476 e. The number of methoxy groups -OCH3 is 1. The Morgan fingerprint density at radius 2 is 2.00 bits per heavy atom. The molecule has 1 heterocycles. The number of nitrogens with zero attached hydrogens (tertiary/aromatic N) is 3. The van der Waals surface area contributed by atoms with Crippen LogP contribution in [0.1, 0.15) is 39.9 Å². The molecule has 0 aliphatic rings. The molecule has 0 atom stereocenters. The molecule has 0 bridgehead atoms. The summed E-state index contributed by atoms with van der Waals surface area (Å²) in [4.78, 5) is 18.9. The molecular weight excluding hydrogens is 248 g/mol. The van der Waals surface area contributed by atoms with Gasteiger partial charge in [-0.05, 0) is 27.2 Å². The molecule has 19 heavy (non-hydrogen) atoms. The van der Waals surface area contributed by atoms with Crippen LogP contribution in [0.15, 0.2) is 0 Å². The van der Waals surface area contributed by atoms with Gasteiger partial charge in [-0.25, -0.2) is 4.98 Å². The van der Waals surface area contributed by atoms with Crippen LogP contribution in [0.4, 0.5) is 11.5 Å². The molecular formula is C12H20N4O3. The highest BCUT2D eigenvalue weighted by Gasteiger charge is 2.28. The monoisotopic (exact) mass is 268 g/mol. The highest BCUT2D eigenvalue weighted by Crippen LogP contribution is 2.33. The van der Waals surface area contributed by atoms with Crippen LogP contribution in [0.3, 0.4) is 0 Å². The summed E-state index contributed by atoms with van der Waals surface area (Å²) in [5, 5.41) is 14.2. The summed E-state index contributed by atoms with van der Waals surface area (Å²) in [7, 11) is 1.37. The lowest BCUT2D eigenvalue weighted by Crippen LogP contribution is -2.27. The van der Waals surface area contributed by atoms with E-state index < -0.39 is 4.92 Å². The highest BCUT2D eigenvalue weighted by atomic mass is 16.6. The quantitative estimate of drug-likeness (QED) is 0.652. The molecule has 1 N–H and O–H groups in total. The number of nitro groups is 1. The Bertz CT molecular complexity index is 469. The minimum atomic E-state index is -0.525. The van der Waals surface area contributed by atoms with Gasteiger partial charge < -0.3 is 10.1 Å². The SMILES string of the molecule is CCCc1nc(NC(C)(C)C)c([N+](=O)[O-])c(OC)n1. The van der Waals surface area contributed by atoms with E-state index in [0.29, 0.717) is 12.2 Å². The van der Waals surface area contributed by atoms with E-state index in [1.54, 1.807) is 0 Å². The fourth-order valence-electron chi connectivity index (χ4n) is 1.56. The van der Waals surface area contributed by atoms with Crippen LogP contribution in [-0.4, -0.2) is 27.5 Å². The van der Waals surface area contributed by atoms with Gasteiger partial charge >= 0.3 is 5.69 Å². The molecule has 1 rings (SSSR count). The van der Waals surface area contributed by atoms with Gasteiger partial charge in [-0.3, -0.25) is 10.1 Å². The molecule has 106 valence electrons. The number of ether oxygens (including phenoxy) is 1. The van der Waals surface area contributed by atoms with Crippen LogP contribution in [0.5, 0.6) is 5.88 Å². The molecule has 0 fully saturated rings. The van der Waals surface area contributed by atoms with E-state index in [9.17, 15) is 10.1 Å². The second-order valence-electron chi connectivity index (χ2n) is 5.23. The van der Waals surface area contributed by atoms with E-state index in [0.717, 1.165) is 6.42 Å². The van der Waals surface area contributed by atoms with Gasteiger partial charge in [-0.1, -0.05) is 6.92 Å². The van der Waals surface area contributed by atoms with Gasteiger partial charge in [0.1, 0.15) is 5.82 Å². The van der Waals surface area contributed by atoms with Gasteiger partial charge in [-0.2, -0.15) is 4.98 Å². The molecule has 0 aromatic carbocycles. The van der Waals surface area contributed by atoms with Gasteiger partial charge in [0.15, 0.2) is 0 Å². The maximum absolute atomic E-state index is 11.2. The minimum absolute atomic E-state index is 0.00444. The lowest BCUT2D eigenvalue weighted by molar-refractivity contribution is -0.385. The van der Waals surface area contributed by atoms with E-state index in [1.807, 2.05) is 27.7 Å². The van der Waals surface area contributed by atoms with Crippen LogP contribution in [-0.2, 0) is 6.42 Å². The Hall–Kier alpha value is -1.92. The highest BCUT2D eigenvalue weighted by molar-refractivity contribution is 5.62. The second kappa shape index (κ2) is 5.81. The van der Waals surface area contributed by atoms with Crippen LogP contribution in [0.25, 0.3) is 0 Å². The molecule has 0 spiro atoms. The molecule has 0 aliphatic carbocycles. The van der Waals surface area contributed by atoms with Gasteiger partial charge in [0.2, 0.25) is 5.82 Å². The number of rotatable bonds is 5. The first-order valence-corrected chi connectivity index (χ1v) is 6.16. The smallest absolute Gasteiger partial charge is 0.372 e. The Balaban J connectivity index is 3.36. The van der Waals surface area contributed by atoms with Gasteiger partial charge in [-0.15, -0.1) is 0 Å². The molecule has 0 saturated heterocycles. The first kappa shape index (κ1) is 15.1. The van der Waals surface area contributed by atoms with Crippen LogP contribution in [0.2, 0.25) is 0 Å². The largest absolute Gasteiger partial charge is 0.476 e. The van der Waals surface area contributed by atoms with Crippen LogP contribution < -0.4 is 10.1 Å². The predicted molar refractivity (Wildman–Crippen MR) is 72.6 cm³/mol. The van der Waals surface area contributed by atoms with E-state index in [-0.39, 0.29) is 22.9 Å². The van der Waals surface area contributed by atoms with E-state index in [1.165, 1.54) is 7.11 Å². The second-order valence-corrected chi connectivity index (χ2v) is 5.23. The zero-order valence-electron chi connectivity index (χ0n) is 12.0. The summed E-state index contributed by atoms with van der Waals surface area (Å²) in [5.74, 6) is 0.736. The first-order chi connectivity index (χ1) is 8.78. The molecule has 1 aromatic rings. The molecule has 0 aliphatic heterocycles. The van der Waals surface area contributed by atoms with Crippen molar-refractivity contribution in [1.82, 2.24) is 9.97 Å². The summed E-state index contributed by atoms with van der Waals surface area (Å²) in [6, 6.07) is 0. The maximum atomic E-state index is 11.2. The average Bonchev–Trinajstić information content (AvgIpc) is 2.25. The topological polar surface area (TPSA) is 90.2 Å². The number of nitrogens with one attached hydrogen (secondary N) is 1. The van der Waals surface area contributed by atoms with Crippen molar-refractivity contribution in [3.63, 3.8) is 0 Å². The van der Waals surface area contributed by atoms with Crippen molar-refractivity contribution in [2.24, 2.45) is 0 Å². The number of aryl methyl sites for hydroxylation is 1. The maximum Gasteiger partial charge on any atom is 0.372 e. The summed E-state index contributed by atoms with van der Waals surface area (Å²) >= 11 is 0. The third kappa shape index (κ3) is 4.04. The average molecular weight is 268 g/mol. The molecule has 0 radical (unpaired) electrons. The lowest BCUT2D eigenvalue weighted by atomic mass is 10.1. The molecule has 1 aromatic heterocycles. The van der Waals surface area contributed by atoms with Gasteiger partial charge in [0.05, 0.1) is 12.0 Å². The molecule has 0 saturated carbocycles. The summed E-state index contributed by atoms with van der Waals surface area (Å²) < 4.78 is 5.02. The third-order valence-corrected chi connectivity index (χ3v) is 2.24. The zero-order valence-corrected chi connectivity index (χ0v) is 12.0. The number of anilines is 1. The normalized spacial score (nSPS) is 11.2. The first-order valence-electron chi connectivity index (χ1n) is 6.16. The fourth-order valence-corrected chi connectivity index (χ4v) is 1.56. The van der Waals surface area contributed by atoms with Crippen molar-refractivity contribution >= 4 is 11.5 Å². The van der Waals surface area contributed by atoms with Crippen molar-refractivity contribution in [3.8, 4) is 5.88 Å². The standard InChI is InChI=1S/C12H20N4O3/c1-6-7-8-13-10(15-12(2,3)4)9(16(17)18)11(14-8)19-5/h6-7H2,1-5H3,(H,13,14,15). The van der Waals surface area contributed by atoms with Crippen molar-refractivity contribution in [2.75, 3.05) is 12.4 Å². The zero-order chi connectivity index (χ0) is 14.6. The molecule has 0 amide bonds.